The minimum absolute atomic E-state index is 0.929. The molecule has 0 fully saturated rings. The van der Waals surface area contributed by atoms with Crippen molar-refractivity contribution in [3.8, 4) is 0 Å². The molecular weight excluding hydrogens is 134 g/mol. The van der Waals surface area contributed by atoms with E-state index in [1.165, 1.54) is 6.21 Å². The fourth-order valence-electron chi connectivity index (χ4n) is 0.451. The van der Waals surface area contributed by atoms with Gasteiger partial charge < -0.3 is 5.41 Å². The maximum Gasteiger partial charge on any atom is 0.0207 e. The van der Waals surface area contributed by atoms with E-state index in [9.17, 15) is 0 Å². The van der Waals surface area contributed by atoms with E-state index in [0.717, 1.165) is 11.1 Å². The molecule has 0 aromatic carbocycles. The van der Waals surface area contributed by atoms with Crippen LogP contribution in [0.25, 0.3) is 0 Å². The SMILES string of the molecule is C=C=C(C)/C=C\C=C(/C)C=N. The van der Waals surface area contributed by atoms with Crippen LogP contribution in [0.4, 0.5) is 0 Å². The summed E-state index contributed by atoms with van der Waals surface area (Å²) in [6.07, 6.45) is 6.97. The third-order valence-corrected chi connectivity index (χ3v) is 1.21. The monoisotopic (exact) mass is 147 g/mol. The van der Waals surface area contributed by atoms with Crippen molar-refractivity contribution >= 4 is 6.21 Å². The number of allylic oxidation sites excluding steroid dienone is 5. The summed E-state index contributed by atoms with van der Waals surface area (Å²) in [7, 11) is 0. The molecule has 0 aliphatic heterocycles. The van der Waals surface area contributed by atoms with Crippen LogP contribution in [0.5, 0.6) is 0 Å². The van der Waals surface area contributed by atoms with Crippen LogP contribution in [0.3, 0.4) is 0 Å². The molecule has 0 rings (SSSR count). The lowest BCUT2D eigenvalue weighted by Gasteiger charge is -1.84. The summed E-state index contributed by atoms with van der Waals surface area (Å²) in [6, 6.07) is 0. The van der Waals surface area contributed by atoms with Gasteiger partial charge in [-0.15, -0.1) is 5.73 Å². The van der Waals surface area contributed by atoms with Crippen LogP contribution in [0.1, 0.15) is 13.8 Å². The van der Waals surface area contributed by atoms with Gasteiger partial charge in [0.1, 0.15) is 0 Å². The standard InChI is InChI=1S/C10H13N/c1-4-9(2)6-5-7-10(3)8-11/h5-8,11H,1H2,2-3H3/b6-5-,10-7+,11-8?. The average molecular weight is 147 g/mol. The van der Waals surface area contributed by atoms with Gasteiger partial charge in [-0.3, -0.25) is 0 Å². The quantitative estimate of drug-likeness (QED) is 0.360. The van der Waals surface area contributed by atoms with Crippen molar-refractivity contribution in [1.29, 1.82) is 5.41 Å². The van der Waals surface area contributed by atoms with Gasteiger partial charge in [0.15, 0.2) is 0 Å². The van der Waals surface area contributed by atoms with Gasteiger partial charge in [0.25, 0.3) is 0 Å². The molecule has 0 aliphatic carbocycles. The second-order valence-electron chi connectivity index (χ2n) is 2.27. The molecule has 1 nitrogen and oxygen atoms in total. The molecule has 1 heteroatoms. The van der Waals surface area contributed by atoms with Crippen molar-refractivity contribution in [2.24, 2.45) is 0 Å². The Morgan fingerprint density at radius 2 is 2.09 bits per heavy atom. The molecule has 0 spiro atoms. The molecule has 0 unspecified atom stereocenters. The molecule has 0 saturated heterocycles. The predicted molar refractivity (Wildman–Crippen MR) is 50.0 cm³/mol. The zero-order valence-corrected chi connectivity index (χ0v) is 7.02. The van der Waals surface area contributed by atoms with E-state index in [1.807, 2.05) is 32.1 Å². The molecule has 0 atom stereocenters. The van der Waals surface area contributed by atoms with Crippen LogP contribution in [-0.2, 0) is 0 Å². The summed E-state index contributed by atoms with van der Waals surface area (Å²) in [6.45, 7) is 7.31. The second-order valence-corrected chi connectivity index (χ2v) is 2.27. The van der Waals surface area contributed by atoms with Gasteiger partial charge in [0.05, 0.1) is 0 Å². The molecule has 0 radical (unpaired) electrons. The Morgan fingerprint density at radius 3 is 2.55 bits per heavy atom. The number of nitrogens with one attached hydrogen (secondary N) is 1. The van der Waals surface area contributed by atoms with Crippen LogP contribution in [0, 0.1) is 5.41 Å². The first kappa shape index (κ1) is 9.67. The Kier molecular flexibility index (Phi) is 4.80. The second kappa shape index (κ2) is 5.45. The first-order chi connectivity index (χ1) is 5.20. The van der Waals surface area contributed by atoms with E-state index in [0.29, 0.717) is 0 Å². The zero-order chi connectivity index (χ0) is 8.69. The highest BCUT2D eigenvalue weighted by Gasteiger charge is 1.76. The van der Waals surface area contributed by atoms with Crippen molar-refractivity contribution < 1.29 is 0 Å². The first-order valence-electron chi connectivity index (χ1n) is 3.42. The maximum atomic E-state index is 6.88. The van der Waals surface area contributed by atoms with E-state index < -0.39 is 0 Å². The summed E-state index contributed by atoms with van der Waals surface area (Å²) < 4.78 is 0. The fourth-order valence-corrected chi connectivity index (χ4v) is 0.451. The van der Waals surface area contributed by atoms with Crippen LogP contribution in [0.15, 0.2) is 41.7 Å². The largest absolute Gasteiger partial charge is 0.308 e. The van der Waals surface area contributed by atoms with Gasteiger partial charge >= 0.3 is 0 Å². The molecule has 0 bridgehead atoms. The summed E-state index contributed by atoms with van der Waals surface area (Å²) in [4.78, 5) is 0. The van der Waals surface area contributed by atoms with Crippen molar-refractivity contribution in [3.05, 3.63) is 41.7 Å². The lowest BCUT2D eigenvalue weighted by molar-refractivity contribution is 1.49. The first-order valence-corrected chi connectivity index (χ1v) is 3.42. The number of rotatable bonds is 3. The van der Waals surface area contributed by atoms with Gasteiger partial charge in [0.2, 0.25) is 0 Å². The van der Waals surface area contributed by atoms with Crippen LogP contribution < -0.4 is 0 Å². The highest BCUT2D eigenvalue weighted by molar-refractivity contribution is 5.75. The summed E-state index contributed by atoms with van der Waals surface area (Å²) in [5.41, 5.74) is 4.68. The molecule has 58 valence electrons. The topological polar surface area (TPSA) is 23.9 Å². The molecular formula is C10H13N. The Bertz CT molecular complexity index is 238. The molecule has 0 heterocycles. The van der Waals surface area contributed by atoms with E-state index in [4.69, 9.17) is 5.41 Å². The lowest BCUT2D eigenvalue weighted by atomic mass is 10.2. The molecule has 11 heavy (non-hydrogen) atoms. The third kappa shape index (κ3) is 5.13. The third-order valence-electron chi connectivity index (χ3n) is 1.21. The molecule has 0 aromatic rings. The summed E-state index contributed by atoms with van der Waals surface area (Å²) in [5.74, 6) is 0. The minimum atomic E-state index is 0.929. The molecule has 0 amide bonds. The van der Waals surface area contributed by atoms with Crippen LogP contribution >= 0.6 is 0 Å². The van der Waals surface area contributed by atoms with E-state index in [1.54, 1.807) is 0 Å². The lowest BCUT2D eigenvalue weighted by Crippen LogP contribution is -1.71. The highest BCUT2D eigenvalue weighted by Crippen LogP contribution is 1.93. The zero-order valence-electron chi connectivity index (χ0n) is 7.02. The minimum Gasteiger partial charge on any atom is -0.308 e. The van der Waals surface area contributed by atoms with Crippen molar-refractivity contribution in [2.45, 2.75) is 13.8 Å². The van der Waals surface area contributed by atoms with E-state index in [-0.39, 0.29) is 0 Å². The molecule has 0 aromatic heterocycles. The van der Waals surface area contributed by atoms with Gasteiger partial charge in [-0.2, -0.15) is 0 Å². The predicted octanol–water partition coefficient (Wildman–Crippen LogP) is 2.87. The maximum absolute atomic E-state index is 6.88. The van der Waals surface area contributed by atoms with Crippen LogP contribution in [-0.4, -0.2) is 6.21 Å². The van der Waals surface area contributed by atoms with Crippen molar-refractivity contribution in [3.63, 3.8) is 0 Å². The highest BCUT2D eigenvalue weighted by atomic mass is 14.3. The molecule has 0 aliphatic rings. The van der Waals surface area contributed by atoms with Crippen LogP contribution in [0.2, 0.25) is 0 Å². The number of hydrogen-bond donors (Lipinski definition) is 1. The van der Waals surface area contributed by atoms with Gasteiger partial charge in [-0.25, -0.2) is 0 Å². The Morgan fingerprint density at radius 1 is 1.45 bits per heavy atom. The Hall–Kier alpha value is -1.33. The molecule has 0 saturated carbocycles. The fraction of sp³-hybridized carbons (Fsp3) is 0.200. The Balaban J connectivity index is 4.17. The smallest absolute Gasteiger partial charge is 0.0207 e. The Labute approximate surface area is 68.0 Å². The van der Waals surface area contributed by atoms with Gasteiger partial charge in [0, 0.05) is 6.21 Å². The van der Waals surface area contributed by atoms with Crippen molar-refractivity contribution in [1.82, 2.24) is 0 Å². The number of hydrogen-bond acceptors (Lipinski definition) is 1. The normalized spacial score (nSPS) is 11.3. The van der Waals surface area contributed by atoms with Crippen molar-refractivity contribution in [2.75, 3.05) is 0 Å². The van der Waals surface area contributed by atoms with E-state index >= 15 is 0 Å². The summed E-state index contributed by atoms with van der Waals surface area (Å²) in [5, 5.41) is 6.88. The van der Waals surface area contributed by atoms with Gasteiger partial charge in [-0.1, -0.05) is 24.8 Å². The van der Waals surface area contributed by atoms with Gasteiger partial charge in [-0.05, 0) is 25.0 Å². The average Bonchev–Trinajstić information content (AvgIpc) is 2.04. The van der Waals surface area contributed by atoms with E-state index in [2.05, 4.69) is 12.3 Å². The summed E-state index contributed by atoms with van der Waals surface area (Å²) >= 11 is 0. The molecule has 1 N–H and O–H groups in total.